The van der Waals surface area contributed by atoms with Crippen LogP contribution in [0.5, 0.6) is 0 Å². The number of piperidine rings is 2. The Labute approximate surface area is 149 Å². The van der Waals surface area contributed by atoms with Crippen molar-refractivity contribution in [2.24, 2.45) is 5.41 Å². The molecule has 134 valence electrons. The molecular formula is C21H28N2O2. The summed E-state index contributed by atoms with van der Waals surface area (Å²) in [5.74, 6) is 0. The predicted molar refractivity (Wildman–Crippen MR) is 101 cm³/mol. The number of benzene rings is 1. The molecule has 3 heterocycles. The number of nitrogens with one attached hydrogen (secondary N) is 1. The molecular weight excluding hydrogens is 312 g/mol. The van der Waals surface area contributed by atoms with Crippen LogP contribution in [-0.4, -0.2) is 31.1 Å². The van der Waals surface area contributed by atoms with Crippen molar-refractivity contribution in [2.75, 3.05) is 26.2 Å². The van der Waals surface area contributed by atoms with Gasteiger partial charge in [-0.2, -0.15) is 0 Å². The Bertz CT molecular complexity index is 824. The molecule has 0 atom stereocenters. The second-order valence-corrected chi connectivity index (χ2v) is 8.08. The maximum absolute atomic E-state index is 12.0. The van der Waals surface area contributed by atoms with Gasteiger partial charge in [-0.25, -0.2) is 4.79 Å². The summed E-state index contributed by atoms with van der Waals surface area (Å²) in [4.78, 5) is 14.5. The van der Waals surface area contributed by atoms with Crippen molar-refractivity contribution >= 4 is 11.0 Å². The van der Waals surface area contributed by atoms with Crippen molar-refractivity contribution in [2.45, 2.75) is 46.1 Å². The first-order valence-electron chi connectivity index (χ1n) is 9.52. The summed E-state index contributed by atoms with van der Waals surface area (Å²) in [6.07, 6.45) is 5.20. The lowest BCUT2D eigenvalue weighted by Gasteiger charge is -2.44. The van der Waals surface area contributed by atoms with Gasteiger partial charge in [0.05, 0.1) is 0 Å². The van der Waals surface area contributed by atoms with Gasteiger partial charge in [-0.1, -0.05) is 6.07 Å². The molecule has 2 aliphatic heterocycles. The highest BCUT2D eigenvalue weighted by Gasteiger charge is 2.35. The molecule has 25 heavy (non-hydrogen) atoms. The fourth-order valence-electron chi connectivity index (χ4n) is 4.69. The third-order valence-corrected chi connectivity index (χ3v) is 6.23. The Morgan fingerprint density at radius 2 is 1.80 bits per heavy atom. The van der Waals surface area contributed by atoms with E-state index >= 15 is 0 Å². The standard InChI is InChI=1S/C21H28N2O2/c1-15-11-16(2)20-18(12-15)17(13-19(24)25-20)14-23-9-5-21(6-10-23)3-7-22-8-4-21/h11-13,22H,3-10,14H2,1-2H3. The maximum Gasteiger partial charge on any atom is 0.336 e. The fraction of sp³-hybridized carbons (Fsp3) is 0.571. The summed E-state index contributed by atoms with van der Waals surface area (Å²) in [6.45, 7) is 9.57. The summed E-state index contributed by atoms with van der Waals surface area (Å²) in [5.41, 5.74) is 4.45. The number of hydrogen-bond acceptors (Lipinski definition) is 4. The minimum Gasteiger partial charge on any atom is -0.422 e. The zero-order valence-corrected chi connectivity index (χ0v) is 15.4. The van der Waals surface area contributed by atoms with Crippen LogP contribution in [0.15, 0.2) is 27.4 Å². The van der Waals surface area contributed by atoms with Crippen molar-refractivity contribution in [3.63, 3.8) is 0 Å². The van der Waals surface area contributed by atoms with E-state index in [9.17, 15) is 4.79 Å². The third-order valence-electron chi connectivity index (χ3n) is 6.23. The summed E-state index contributed by atoms with van der Waals surface area (Å²) < 4.78 is 5.49. The molecule has 2 saturated heterocycles. The van der Waals surface area contributed by atoms with Gasteiger partial charge in [0.1, 0.15) is 5.58 Å². The average molecular weight is 340 g/mol. The van der Waals surface area contributed by atoms with E-state index < -0.39 is 0 Å². The van der Waals surface area contributed by atoms with E-state index in [0.717, 1.165) is 41.7 Å². The zero-order valence-electron chi connectivity index (χ0n) is 15.4. The van der Waals surface area contributed by atoms with Crippen LogP contribution in [0.2, 0.25) is 0 Å². The molecule has 0 radical (unpaired) electrons. The molecule has 1 aromatic heterocycles. The summed E-state index contributed by atoms with van der Waals surface area (Å²) in [6, 6.07) is 5.92. The molecule has 0 unspecified atom stereocenters. The Hall–Kier alpha value is -1.65. The molecule has 1 spiro atoms. The number of hydrogen-bond donors (Lipinski definition) is 1. The third kappa shape index (κ3) is 3.38. The first kappa shape index (κ1) is 16.8. The van der Waals surface area contributed by atoms with E-state index in [-0.39, 0.29) is 5.63 Å². The highest BCUT2D eigenvalue weighted by atomic mass is 16.4. The van der Waals surface area contributed by atoms with Crippen molar-refractivity contribution in [1.82, 2.24) is 10.2 Å². The van der Waals surface area contributed by atoms with Crippen LogP contribution in [0.1, 0.15) is 42.4 Å². The number of likely N-dealkylation sites (tertiary alicyclic amines) is 1. The van der Waals surface area contributed by atoms with Crippen LogP contribution in [0.25, 0.3) is 11.0 Å². The van der Waals surface area contributed by atoms with Gasteiger partial charge in [0.2, 0.25) is 0 Å². The summed E-state index contributed by atoms with van der Waals surface area (Å²) in [7, 11) is 0. The van der Waals surface area contributed by atoms with Gasteiger partial charge >= 0.3 is 5.63 Å². The number of rotatable bonds is 2. The lowest BCUT2D eigenvalue weighted by molar-refractivity contribution is 0.0702. The Morgan fingerprint density at radius 3 is 2.52 bits per heavy atom. The number of nitrogens with zero attached hydrogens (tertiary/aromatic N) is 1. The maximum atomic E-state index is 12.0. The molecule has 2 aromatic rings. The summed E-state index contributed by atoms with van der Waals surface area (Å²) in [5, 5.41) is 4.58. The van der Waals surface area contributed by atoms with Gasteiger partial charge in [-0.3, -0.25) is 4.90 Å². The van der Waals surface area contributed by atoms with Gasteiger partial charge in [0, 0.05) is 18.0 Å². The fourth-order valence-corrected chi connectivity index (χ4v) is 4.69. The molecule has 2 aliphatic rings. The molecule has 0 saturated carbocycles. The smallest absolute Gasteiger partial charge is 0.336 e. The minimum atomic E-state index is -0.235. The quantitative estimate of drug-likeness (QED) is 0.852. The number of fused-ring (bicyclic) bond motifs is 1. The first-order valence-corrected chi connectivity index (χ1v) is 9.52. The SMILES string of the molecule is Cc1cc(C)c2oc(=O)cc(CN3CCC4(CCNCC4)CC3)c2c1. The lowest BCUT2D eigenvalue weighted by Crippen LogP contribution is -2.45. The lowest BCUT2D eigenvalue weighted by atomic mass is 9.71. The van der Waals surface area contributed by atoms with E-state index in [4.69, 9.17) is 4.42 Å². The van der Waals surface area contributed by atoms with Crippen LogP contribution >= 0.6 is 0 Å². The second-order valence-electron chi connectivity index (χ2n) is 8.08. The molecule has 1 N–H and O–H groups in total. The molecule has 2 fully saturated rings. The Kier molecular flexibility index (Phi) is 4.42. The van der Waals surface area contributed by atoms with Crippen molar-refractivity contribution in [1.29, 1.82) is 0 Å². The van der Waals surface area contributed by atoms with Gasteiger partial charge in [-0.05, 0) is 93.9 Å². The highest BCUT2D eigenvalue weighted by Crippen LogP contribution is 2.39. The normalized spacial score (nSPS) is 21.0. The molecule has 4 nitrogen and oxygen atoms in total. The highest BCUT2D eigenvalue weighted by molar-refractivity contribution is 5.83. The predicted octanol–water partition coefficient (Wildman–Crippen LogP) is 3.38. The van der Waals surface area contributed by atoms with E-state index in [2.05, 4.69) is 29.3 Å². The molecule has 1 aromatic carbocycles. The van der Waals surface area contributed by atoms with E-state index in [0.29, 0.717) is 5.41 Å². The van der Waals surface area contributed by atoms with E-state index in [1.807, 2.05) is 6.92 Å². The van der Waals surface area contributed by atoms with Crippen LogP contribution in [0, 0.1) is 19.3 Å². The molecule has 0 amide bonds. The van der Waals surface area contributed by atoms with Crippen molar-refractivity contribution in [3.05, 3.63) is 45.3 Å². The van der Waals surface area contributed by atoms with Crippen LogP contribution in [-0.2, 0) is 6.54 Å². The topological polar surface area (TPSA) is 45.5 Å². The molecule has 4 rings (SSSR count). The first-order chi connectivity index (χ1) is 12.0. The minimum absolute atomic E-state index is 0.235. The van der Waals surface area contributed by atoms with Crippen molar-refractivity contribution < 1.29 is 4.42 Å². The average Bonchev–Trinajstić information content (AvgIpc) is 2.59. The Balaban J connectivity index is 1.56. The monoisotopic (exact) mass is 340 g/mol. The van der Waals surface area contributed by atoms with Crippen LogP contribution < -0.4 is 10.9 Å². The molecule has 0 aliphatic carbocycles. The number of aryl methyl sites for hydroxylation is 2. The summed E-state index contributed by atoms with van der Waals surface area (Å²) >= 11 is 0. The second kappa shape index (κ2) is 6.58. The molecule has 0 bridgehead atoms. The van der Waals surface area contributed by atoms with Crippen LogP contribution in [0.3, 0.4) is 0 Å². The van der Waals surface area contributed by atoms with E-state index in [1.54, 1.807) is 6.07 Å². The molecule has 4 heteroatoms. The van der Waals surface area contributed by atoms with E-state index in [1.165, 1.54) is 44.3 Å². The van der Waals surface area contributed by atoms with Crippen LogP contribution in [0.4, 0.5) is 0 Å². The largest absolute Gasteiger partial charge is 0.422 e. The van der Waals surface area contributed by atoms with Gasteiger partial charge in [0.25, 0.3) is 0 Å². The van der Waals surface area contributed by atoms with Gasteiger partial charge < -0.3 is 9.73 Å². The van der Waals surface area contributed by atoms with Crippen molar-refractivity contribution in [3.8, 4) is 0 Å². The Morgan fingerprint density at radius 1 is 1.08 bits per heavy atom. The van der Waals surface area contributed by atoms with Gasteiger partial charge in [-0.15, -0.1) is 0 Å². The van der Waals surface area contributed by atoms with Gasteiger partial charge in [0.15, 0.2) is 0 Å². The zero-order chi connectivity index (χ0) is 17.4.